The molecule has 1 saturated heterocycles. The third kappa shape index (κ3) is 5.56. The van der Waals surface area contributed by atoms with Crippen molar-refractivity contribution >= 4 is 16.8 Å². The van der Waals surface area contributed by atoms with Gasteiger partial charge in [0.05, 0.1) is 12.2 Å². The van der Waals surface area contributed by atoms with E-state index in [0.717, 1.165) is 53.8 Å². The highest BCUT2D eigenvalue weighted by Gasteiger charge is 2.21. The van der Waals surface area contributed by atoms with Crippen molar-refractivity contribution in [1.82, 2.24) is 15.2 Å². The molecule has 5 nitrogen and oxygen atoms in total. The van der Waals surface area contributed by atoms with E-state index in [2.05, 4.69) is 29.0 Å². The molecule has 0 radical (unpaired) electrons. The number of H-pyrrole nitrogens is 1. The normalized spacial score (nSPS) is 19.3. The summed E-state index contributed by atoms with van der Waals surface area (Å²) in [5.41, 5.74) is 3.86. The maximum atomic E-state index is 13.9. The molecule has 1 aromatic heterocycles. The van der Waals surface area contributed by atoms with Crippen molar-refractivity contribution in [2.75, 3.05) is 26.2 Å². The molecule has 2 heterocycles. The van der Waals surface area contributed by atoms with Crippen molar-refractivity contribution in [2.45, 2.75) is 45.3 Å². The number of amides is 1. The quantitative estimate of drug-likeness (QED) is 0.510. The molecule has 1 aliphatic rings. The number of hydrogen-bond donors (Lipinski definition) is 2. The van der Waals surface area contributed by atoms with Crippen LogP contribution in [0.1, 0.15) is 32.3 Å². The SMILES string of the molecule is CC1CN(CCCNC(=O)CCc2c(-c3ccccc3)[nH]c3ccc(F)cc23)CC(C)O1. The molecule has 2 N–H and O–H groups in total. The number of hydrogen-bond acceptors (Lipinski definition) is 3. The zero-order valence-electron chi connectivity index (χ0n) is 18.9. The Morgan fingerprint density at radius 1 is 1.16 bits per heavy atom. The van der Waals surface area contributed by atoms with Gasteiger partial charge in [0.1, 0.15) is 5.82 Å². The summed E-state index contributed by atoms with van der Waals surface area (Å²) < 4.78 is 19.7. The molecule has 4 rings (SSSR count). The second-order valence-corrected chi connectivity index (χ2v) is 8.75. The number of aromatic amines is 1. The molecular formula is C26H32FN3O2. The first-order valence-corrected chi connectivity index (χ1v) is 11.5. The highest BCUT2D eigenvalue weighted by Crippen LogP contribution is 2.31. The number of aromatic nitrogens is 1. The average Bonchev–Trinajstić information content (AvgIpc) is 3.13. The van der Waals surface area contributed by atoms with E-state index in [1.165, 1.54) is 6.07 Å². The van der Waals surface area contributed by atoms with Gasteiger partial charge in [-0.1, -0.05) is 30.3 Å². The first kappa shape index (κ1) is 22.5. The van der Waals surface area contributed by atoms with E-state index in [1.54, 1.807) is 12.1 Å². The van der Waals surface area contributed by atoms with Crippen LogP contribution in [-0.2, 0) is 16.0 Å². The summed E-state index contributed by atoms with van der Waals surface area (Å²) in [6.45, 7) is 7.70. The number of carbonyl (C=O) groups is 1. The first-order chi connectivity index (χ1) is 15.5. The number of halogens is 1. The number of morpholine rings is 1. The molecule has 170 valence electrons. The van der Waals surface area contributed by atoms with Crippen LogP contribution in [-0.4, -0.2) is 54.2 Å². The fraction of sp³-hybridized carbons (Fsp3) is 0.423. The van der Waals surface area contributed by atoms with Gasteiger partial charge in [0, 0.05) is 49.2 Å². The van der Waals surface area contributed by atoms with Crippen LogP contribution >= 0.6 is 0 Å². The minimum Gasteiger partial charge on any atom is -0.373 e. The van der Waals surface area contributed by atoms with Crippen molar-refractivity contribution in [3.05, 3.63) is 59.9 Å². The maximum absolute atomic E-state index is 13.9. The molecule has 0 saturated carbocycles. The molecule has 32 heavy (non-hydrogen) atoms. The molecule has 1 aliphatic heterocycles. The monoisotopic (exact) mass is 437 g/mol. The van der Waals surface area contributed by atoms with Crippen molar-refractivity contribution < 1.29 is 13.9 Å². The Morgan fingerprint density at radius 2 is 1.91 bits per heavy atom. The minimum absolute atomic E-state index is 0.0264. The Morgan fingerprint density at radius 3 is 2.66 bits per heavy atom. The summed E-state index contributed by atoms with van der Waals surface area (Å²) in [7, 11) is 0. The van der Waals surface area contributed by atoms with E-state index in [0.29, 0.717) is 19.4 Å². The van der Waals surface area contributed by atoms with E-state index in [-0.39, 0.29) is 23.9 Å². The summed E-state index contributed by atoms with van der Waals surface area (Å²) in [6, 6.07) is 14.7. The van der Waals surface area contributed by atoms with Gasteiger partial charge in [-0.2, -0.15) is 0 Å². The number of aryl methyl sites for hydroxylation is 1. The molecule has 2 aromatic carbocycles. The molecule has 2 unspecified atom stereocenters. The van der Waals surface area contributed by atoms with E-state index in [4.69, 9.17) is 4.74 Å². The van der Waals surface area contributed by atoms with Gasteiger partial charge in [-0.05, 0) is 56.0 Å². The van der Waals surface area contributed by atoms with Crippen LogP contribution in [0.25, 0.3) is 22.2 Å². The van der Waals surface area contributed by atoms with E-state index in [1.807, 2.05) is 30.3 Å². The third-order valence-electron chi connectivity index (χ3n) is 6.00. The first-order valence-electron chi connectivity index (χ1n) is 11.5. The Labute approximate surface area is 189 Å². The molecular weight excluding hydrogens is 405 g/mol. The van der Waals surface area contributed by atoms with Gasteiger partial charge in [-0.15, -0.1) is 0 Å². The molecule has 6 heteroatoms. The summed E-state index contributed by atoms with van der Waals surface area (Å²) in [5, 5.41) is 3.88. The second-order valence-electron chi connectivity index (χ2n) is 8.75. The highest BCUT2D eigenvalue weighted by atomic mass is 19.1. The van der Waals surface area contributed by atoms with Gasteiger partial charge in [-0.25, -0.2) is 4.39 Å². The van der Waals surface area contributed by atoms with Crippen molar-refractivity contribution in [1.29, 1.82) is 0 Å². The number of benzene rings is 2. The summed E-state index contributed by atoms with van der Waals surface area (Å²) >= 11 is 0. The van der Waals surface area contributed by atoms with Crippen LogP contribution in [0, 0.1) is 5.82 Å². The van der Waals surface area contributed by atoms with Gasteiger partial charge in [-0.3, -0.25) is 9.69 Å². The lowest BCUT2D eigenvalue weighted by Gasteiger charge is -2.35. The largest absolute Gasteiger partial charge is 0.373 e. The van der Waals surface area contributed by atoms with Crippen LogP contribution in [0.2, 0.25) is 0 Å². The Balaban J connectivity index is 1.34. The fourth-order valence-corrected chi connectivity index (χ4v) is 4.66. The standard InChI is InChI=1S/C26H32FN3O2/c1-18-16-30(17-19(2)32-18)14-6-13-28-25(31)12-10-22-23-15-21(27)9-11-24(23)29-26(22)20-7-4-3-5-8-20/h3-5,7-9,11,15,18-19,29H,6,10,12-14,16-17H2,1-2H3,(H,28,31). The Hall–Kier alpha value is -2.70. The van der Waals surface area contributed by atoms with Crippen molar-refractivity contribution in [2.24, 2.45) is 0 Å². The minimum atomic E-state index is -0.270. The van der Waals surface area contributed by atoms with Gasteiger partial charge >= 0.3 is 0 Å². The number of nitrogens with one attached hydrogen (secondary N) is 2. The lowest BCUT2D eigenvalue weighted by Crippen LogP contribution is -2.46. The molecule has 1 fully saturated rings. The van der Waals surface area contributed by atoms with Gasteiger partial charge in [0.15, 0.2) is 0 Å². The molecule has 2 atom stereocenters. The topological polar surface area (TPSA) is 57.4 Å². The Bertz CT molecular complexity index is 1040. The van der Waals surface area contributed by atoms with Crippen molar-refractivity contribution in [3.8, 4) is 11.3 Å². The zero-order chi connectivity index (χ0) is 22.5. The van der Waals surface area contributed by atoms with Crippen LogP contribution < -0.4 is 5.32 Å². The van der Waals surface area contributed by atoms with Crippen LogP contribution in [0.5, 0.6) is 0 Å². The molecule has 0 spiro atoms. The number of nitrogens with zero attached hydrogens (tertiary/aromatic N) is 1. The highest BCUT2D eigenvalue weighted by molar-refractivity contribution is 5.91. The number of ether oxygens (including phenoxy) is 1. The molecule has 1 amide bonds. The average molecular weight is 438 g/mol. The lowest BCUT2D eigenvalue weighted by atomic mass is 10.0. The van der Waals surface area contributed by atoms with E-state index >= 15 is 0 Å². The second kappa shape index (κ2) is 10.3. The van der Waals surface area contributed by atoms with Gasteiger partial charge in [0.2, 0.25) is 5.91 Å². The summed E-state index contributed by atoms with van der Waals surface area (Å²) in [5.74, 6) is -0.243. The number of rotatable bonds is 8. The van der Waals surface area contributed by atoms with Crippen LogP contribution in [0.4, 0.5) is 4.39 Å². The number of fused-ring (bicyclic) bond motifs is 1. The fourth-order valence-electron chi connectivity index (χ4n) is 4.66. The predicted octanol–water partition coefficient (Wildman–Crippen LogP) is 4.52. The zero-order valence-corrected chi connectivity index (χ0v) is 18.9. The summed E-state index contributed by atoms with van der Waals surface area (Å²) in [4.78, 5) is 18.3. The van der Waals surface area contributed by atoms with Crippen molar-refractivity contribution in [3.63, 3.8) is 0 Å². The molecule has 0 bridgehead atoms. The Kier molecular flexibility index (Phi) is 7.22. The number of carbonyl (C=O) groups excluding carboxylic acids is 1. The van der Waals surface area contributed by atoms with Crippen LogP contribution in [0.15, 0.2) is 48.5 Å². The third-order valence-corrected chi connectivity index (χ3v) is 6.00. The van der Waals surface area contributed by atoms with E-state index in [9.17, 15) is 9.18 Å². The van der Waals surface area contributed by atoms with Gasteiger partial charge in [0.25, 0.3) is 0 Å². The lowest BCUT2D eigenvalue weighted by molar-refractivity contribution is -0.121. The molecule has 3 aromatic rings. The maximum Gasteiger partial charge on any atom is 0.220 e. The molecule has 0 aliphatic carbocycles. The smallest absolute Gasteiger partial charge is 0.220 e. The summed E-state index contributed by atoms with van der Waals surface area (Å²) in [6.07, 6.45) is 2.35. The van der Waals surface area contributed by atoms with Crippen LogP contribution in [0.3, 0.4) is 0 Å². The predicted molar refractivity (Wildman–Crippen MR) is 126 cm³/mol. The van der Waals surface area contributed by atoms with Gasteiger partial charge < -0.3 is 15.0 Å². The van der Waals surface area contributed by atoms with E-state index < -0.39 is 0 Å².